The van der Waals surface area contributed by atoms with Gasteiger partial charge in [-0.2, -0.15) is 15.0 Å². The number of rotatable bonds is 2. The number of fused-ring (bicyclic) bond motifs is 1. The average Bonchev–Trinajstić information content (AvgIpc) is 2.96. The summed E-state index contributed by atoms with van der Waals surface area (Å²) in [6.07, 6.45) is 1.00. The van der Waals surface area contributed by atoms with Crippen LogP contribution in [0.4, 0.5) is 4.79 Å². The highest BCUT2D eigenvalue weighted by molar-refractivity contribution is 5.88. The van der Waals surface area contributed by atoms with Gasteiger partial charge in [-0.05, 0) is 23.8 Å². The van der Waals surface area contributed by atoms with E-state index in [-0.39, 0.29) is 6.61 Å². The molecule has 0 spiro atoms. The summed E-state index contributed by atoms with van der Waals surface area (Å²) in [7, 11) is 0. The van der Waals surface area contributed by atoms with Gasteiger partial charge in [0, 0.05) is 5.39 Å². The second-order valence-corrected chi connectivity index (χ2v) is 4.48. The predicted octanol–water partition coefficient (Wildman–Crippen LogP) is 3.09. The molecule has 0 aliphatic rings. The fourth-order valence-corrected chi connectivity index (χ4v) is 2.01. The molecule has 3 rings (SSSR count). The zero-order chi connectivity index (χ0) is 14.7. The van der Waals surface area contributed by atoms with Gasteiger partial charge in [0.1, 0.15) is 6.61 Å². The van der Waals surface area contributed by atoms with E-state index in [0.717, 1.165) is 10.9 Å². The average molecular weight is 277 g/mol. The maximum Gasteiger partial charge on any atom is 0.435 e. The first kappa shape index (κ1) is 12.9. The molecule has 0 unspecified atom stereocenters. The molecule has 0 atom stereocenters. The van der Waals surface area contributed by atoms with Gasteiger partial charge < -0.3 is 4.74 Å². The van der Waals surface area contributed by atoms with Crippen LogP contribution in [-0.2, 0) is 11.3 Å². The van der Waals surface area contributed by atoms with Crippen molar-refractivity contribution >= 4 is 17.0 Å². The lowest BCUT2D eigenvalue weighted by atomic mass is 10.2. The van der Waals surface area contributed by atoms with Crippen LogP contribution in [0.25, 0.3) is 10.9 Å². The van der Waals surface area contributed by atoms with Crippen LogP contribution in [0.3, 0.4) is 0 Å². The van der Waals surface area contributed by atoms with E-state index in [1.54, 1.807) is 24.4 Å². The maximum absolute atomic E-state index is 12.1. The molecule has 5 heteroatoms. The van der Waals surface area contributed by atoms with Gasteiger partial charge in [0.25, 0.3) is 0 Å². The molecule has 0 bridgehead atoms. The van der Waals surface area contributed by atoms with Crippen molar-refractivity contribution in [3.63, 3.8) is 0 Å². The number of carbonyl (C=O) groups is 1. The highest BCUT2D eigenvalue weighted by Gasteiger charge is 2.12. The molecule has 5 nitrogen and oxygen atoms in total. The monoisotopic (exact) mass is 277 g/mol. The number of hydrogen-bond acceptors (Lipinski definition) is 4. The molecule has 1 heterocycles. The van der Waals surface area contributed by atoms with Crippen LogP contribution >= 0.6 is 0 Å². The minimum atomic E-state index is -0.566. The Morgan fingerprint density at radius 1 is 1.24 bits per heavy atom. The van der Waals surface area contributed by atoms with Crippen LogP contribution in [-0.4, -0.2) is 15.9 Å². The summed E-state index contributed by atoms with van der Waals surface area (Å²) < 4.78 is 6.40. The molecule has 0 saturated carbocycles. The quantitative estimate of drug-likeness (QED) is 0.721. The Bertz CT molecular complexity index is 832. The van der Waals surface area contributed by atoms with Gasteiger partial charge in [0.15, 0.2) is 0 Å². The molecular weight excluding hydrogens is 266 g/mol. The highest BCUT2D eigenvalue weighted by atomic mass is 16.6. The van der Waals surface area contributed by atoms with Gasteiger partial charge in [-0.15, -0.1) is 0 Å². The van der Waals surface area contributed by atoms with E-state index in [1.807, 2.05) is 36.4 Å². The molecule has 0 N–H and O–H groups in total. The Morgan fingerprint density at radius 3 is 2.81 bits per heavy atom. The van der Waals surface area contributed by atoms with E-state index in [0.29, 0.717) is 11.1 Å². The van der Waals surface area contributed by atoms with Crippen LogP contribution in [0.15, 0.2) is 54.7 Å². The second kappa shape index (κ2) is 5.47. The molecule has 21 heavy (non-hydrogen) atoms. The van der Waals surface area contributed by atoms with E-state index in [1.165, 1.54) is 4.68 Å². The van der Waals surface area contributed by atoms with Gasteiger partial charge in [-0.25, -0.2) is 4.79 Å². The van der Waals surface area contributed by atoms with E-state index in [4.69, 9.17) is 10.00 Å². The van der Waals surface area contributed by atoms with Crippen molar-refractivity contribution in [2.24, 2.45) is 0 Å². The summed E-state index contributed by atoms with van der Waals surface area (Å²) in [5.74, 6) is 0. The number of aromatic nitrogens is 2. The molecule has 102 valence electrons. The highest BCUT2D eigenvalue weighted by Crippen LogP contribution is 2.16. The van der Waals surface area contributed by atoms with Crippen LogP contribution in [0.1, 0.15) is 11.1 Å². The number of hydrogen-bond donors (Lipinski definition) is 0. The topological polar surface area (TPSA) is 67.9 Å². The lowest BCUT2D eigenvalue weighted by molar-refractivity contribution is 0.139. The molecule has 0 fully saturated rings. The first-order valence-corrected chi connectivity index (χ1v) is 6.37. The van der Waals surface area contributed by atoms with Crippen LogP contribution in [0.2, 0.25) is 0 Å². The van der Waals surface area contributed by atoms with Gasteiger partial charge in [-0.3, -0.25) is 0 Å². The number of ether oxygens (including phenoxy) is 1. The van der Waals surface area contributed by atoms with Crippen molar-refractivity contribution in [2.45, 2.75) is 6.61 Å². The first-order valence-electron chi connectivity index (χ1n) is 6.37. The van der Waals surface area contributed by atoms with E-state index in [9.17, 15) is 4.79 Å². The SMILES string of the molecule is N#Cc1ccc2cnn(C(=O)OCc3ccccc3)c2c1. The zero-order valence-electron chi connectivity index (χ0n) is 11.1. The van der Waals surface area contributed by atoms with Gasteiger partial charge in [0.05, 0.1) is 23.3 Å². The van der Waals surface area contributed by atoms with Crippen LogP contribution in [0.5, 0.6) is 0 Å². The molecule has 3 aromatic rings. The minimum Gasteiger partial charge on any atom is -0.443 e. The predicted molar refractivity (Wildman–Crippen MR) is 76.5 cm³/mol. The fourth-order valence-electron chi connectivity index (χ4n) is 2.01. The Kier molecular flexibility index (Phi) is 3.36. The van der Waals surface area contributed by atoms with E-state index >= 15 is 0 Å². The fraction of sp³-hybridized carbons (Fsp3) is 0.0625. The van der Waals surface area contributed by atoms with Crippen molar-refractivity contribution in [1.29, 1.82) is 5.26 Å². The molecule has 0 aliphatic carbocycles. The molecule has 0 saturated heterocycles. The van der Waals surface area contributed by atoms with Gasteiger partial charge in [-0.1, -0.05) is 30.3 Å². The zero-order valence-corrected chi connectivity index (χ0v) is 11.1. The third-order valence-electron chi connectivity index (χ3n) is 3.08. The van der Waals surface area contributed by atoms with Crippen LogP contribution in [0, 0.1) is 11.3 Å². The lowest BCUT2D eigenvalue weighted by Gasteiger charge is -2.05. The number of benzene rings is 2. The Hall–Kier alpha value is -3.13. The maximum atomic E-state index is 12.1. The molecule has 0 aliphatic heterocycles. The summed E-state index contributed by atoms with van der Waals surface area (Å²) in [5.41, 5.74) is 1.94. The number of nitrogens with zero attached hydrogens (tertiary/aromatic N) is 3. The van der Waals surface area contributed by atoms with Crippen LogP contribution < -0.4 is 0 Å². The first-order chi connectivity index (χ1) is 10.3. The van der Waals surface area contributed by atoms with E-state index < -0.39 is 6.09 Å². The Morgan fingerprint density at radius 2 is 2.05 bits per heavy atom. The van der Waals surface area contributed by atoms with Crippen molar-refractivity contribution in [3.8, 4) is 6.07 Å². The van der Waals surface area contributed by atoms with Crippen molar-refractivity contribution in [1.82, 2.24) is 9.78 Å². The summed E-state index contributed by atoms with van der Waals surface area (Å²) in [4.78, 5) is 12.1. The number of carbonyl (C=O) groups excluding carboxylic acids is 1. The molecule has 0 amide bonds. The second-order valence-electron chi connectivity index (χ2n) is 4.48. The Balaban J connectivity index is 1.83. The van der Waals surface area contributed by atoms with Crippen molar-refractivity contribution in [2.75, 3.05) is 0 Å². The van der Waals surface area contributed by atoms with Gasteiger partial charge in [0.2, 0.25) is 0 Å². The largest absolute Gasteiger partial charge is 0.443 e. The lowest BCUT2D eigenvalue weighted by Crippen LogP contribution is -2.14. The van der Waals surface area contributed by atoms with E-state index in [2.05, 4.69) is 5.10 Å². The molecule has 1 aromatic heterocycles. The van der Waals surface area contributed by atoms with Gasteiger partial charge >= 0.3 is 6.09 Å². The molecule has 2 aromatic carbocycles. The summed E-state index contributed by atoms with van der Waals surface area (Å²) in [5, 5.41) is 13.7. The summed E-state index contributed by atoms with van der Waals surface area (Å²) in [6.45, 7) is 0.180. The third-order valence-corrected chi connectivity index (χ3v) is 3.08. The summed E-state index contributed by atoms with van der Waals surface area (Å²) >= 11 is 0. The normalized spacial score (nSPS) is 10.2. The Labute approximate surface area is 121 Å². The molecule has 0 radical (unpaired) electrons. The standard InChI is InChI=1S/C16H11N3O2/c17-9-13-6-7-14-10-18-19(15(14)8-13)16(20)21-11-12-4-2-1-3-5-12/h1-8,10H,11H2. The smallest absolute Gasteiger partial charge is 0.435 e. The summed E-state index contributed by atoms with van der Waals surface area (Å²) in [6, 6.07) is 16.5. The van der Waals surface area contributed by atoms with Crippen molar-refractivity contribution in [3.05, 3.63) is 65.9 Å². The molecular formula is C16H11N3O2. The minimum absolute atomic E-state index is 0.180. The number of nitriles is 1. The third kappa shape index (κ3) is 2.60. The van der Waals surface area contributed by atoms with Crippen molar-refractivity contribution < 1.29 is 9.53 Å².